The van der Waals surface area contributed by atoms with Crippen molar-refractivity contribution in [2.24, 2.45) is 11.7 Å². The number of benzene rings is 2. The molecule has 0 bridgehead atoms. The Morgan fingerprint density at radius 1 is 1.00 bits per heavy atom. The first-order valence-electron chi connectivity index (χ1n) is 9.66. The molecule has 0 saturated heterocycles. The molecule has 1 aliphatic heterocycles. The molecule has 1 aliphatic rings. The van der Waals surface area contributed by atoms with Crippen LogP contribution >= 0.6 is 0 Å². The van der Waals surface area contributed by atoms with Crippen molar-refractivity contribution in [3.63, 3.8) is 0 Å². The highest BCUT2D eigenvalue weighted by Crippen LogP contribution is 2.23. The van der Waals surface area contributed by atoms with Crippen LogP contribution in [-0.2, 0) is 17.9 Å². The van der Waals surface area contributed by atoms with Gasteiger partial charge in [0, 0.05) is 24.3 Å². The number of hydrogen-bond donors (Lipinski definition) is 3. The monoisotopic (exact) mass is 394 g/mol. The molecule has 1 heterocycles. The lowest BCUT2D eigenvalue weighted by molar-refractivity contribution is -0.120. The largest absolute Gasteiger partial charge is 0.368 e. The summed E-state index contributed by atoms with van der Waals surface area (Å²) in [6.07, 6.45) is 0.480. The third-order valence-corrected chi connectivity index (χ3v) is 4.88. The van der Waals surface area contributed by atoms with Crippen LogP contribution in [0.4, 0.5) is 10.5 Å². The highest BCUT2D eigenvalue weighted by atomic mass is 16.2. The smallest absolute Gasteiger partial charge is 0.322 e. The van der Waals surface area contributed by atoms with Gasteiger partial charge in [0.25, 0.3) is 5.91 Å². The first-order valence-corrected chi connectivity index (χ1v) is 9.66. The second kappa shape index (κ2) is 8.77. The van der Waals surface area contributed by atoms with E-state index in [0.29, 0.717) is 30.8 Å². The van der Waals surface area contributed by atoms with Crippen LogP contribution in [0.5, 0.6) is 0 Å². The summed E-state index contributed by atoms with van der Waals surface area (Å²) < 4.78 is 0. The van der Waals surface area contributed by atoms with Crippen LogP contribution in [0.15, 0.2) is 48.5 Å². The molecule has 0 spiro atoms. The summed E-state index contributed by atoms with van der Waals surface area (Å²) >= 11 is 0. The number of hydrogen-bond acceptors (Lipinski definition) is 3. The summed E-state index contributed by atoms with van der Waals surface area (Å²) in [6.45, 7) is 5.07. The average Bonchev–Trinajstić information content (AvgIpc) is 3.12. The van der Waals surface area contributed by atoms with E-state index >= 15 is 0 Å². The molecule has 4 amide bonds. The molecule has 0 fully saturated rings. The topological polar surface area (TPSA) is 105 Å². The number of nitrogens with zero attached hydrogens (tertiary/aromatic N) is 1. The number of fused-ring (bicyclic) bond motifs is 1. The van der Waals surface area contributed by atoms with Crippen molar-refractivity contribution in [3.8, 4) is 0 Å². The average molecular weight is 394 g/mol. The quantitative estimate of drug-likeness (QED) is 0.702. The normalized spacial score (nSPS) is 13.7. The Balaban J connectivity index is 1.58. The maximum atomic E-state index is 12.5. The van der Waals surface area contributed by atoms with Gasteiger partial charge in [0.05, 0.1) is 0 Å². The molecule has 152 valence electrons. The van der Waals surface area contributed by atoms with E-state index in [1.54, 1.807) is 29.2 Å². The minimum atomic E-state index is -0.710. The van der Waals surface area contributed by atoms with Crippen LogP contribution in [0.25, 0.3) is 0 Å². The minimum absolute atomic E-state index is 0.191. The first kappa shape index (κ1) is 20.4. The van der Waals surface area contributed by atoms with E-state index in [0.717, 1.165) is 11.1 Å². The fourth-order valence-corrected chi connectivity index (χ4v) is 3.34. The number of carbonyl (C=O) groups is 3. The van der Waals surface area contributed by atoms with Gasteiger partial charge < -0.3 is 21.3 Å². The van der Waals surface area contributed by atoms with Crippen LogP contribution in [-0.4, -0.2) is 28.8 Å². The van der Waals surface area contributed by atoms with Gasteiger partial charge in [-0.2, -0.15) is 0 Å². The second-order valence-corrected chi connectivity index (χ2v) is 7.69. The maximum absolute atomic E-state index is 12.5. The van der Waals surface area contributed by atoms with Crippen LogP contribution in [0, 0.1) is 5.92 Å². The van der Waals surface area contributed by atoms with Gasteiger partial charge in [-0.05, 0) is 47.7 Å². The summed E-state index contributed by atoms with van der Waals surface area (Å²) in [6, 6.07) is 13.6. The van der Waals surface area contributed by atoms with Gasteiger partial charge in [-0.1, -0.05) is 38.1 Å². The number of nitrogens with one attached hydrogen (secondary N) is 2. The SMILES string of the molecule is CC(C)C[C@H](NC(=O)c1ccc(NC(=O)N2Cc3ccccc3C2)cc1)C(N)=O. The molecule has 0 saturated carbocycles. The molecule has 2 aromatic rings. The predicted octanol–water partition coefficient (Wildman–Crippen LogP) is 2.86. The molecular formula is C22H26N4O3. The third-order valence-electron chi connectivity index (χ3n) is 4.88. The van der Waals surface area contributed by atoms with E-state index in [1.807, 2.05) is 38.1 Å². The Bertz CT molecular complexity index is 884. The fourth-order valence-electron chi connectivity index (χ4n) is 3.34. The summed E-state index contributed by atoms with van der Waals surface area (Å²) in [5.74, 6) is -0.702. The molecule has 0 unspecified atom stereocenters. The van der Waals surface area contributed by atoms with Crippen molar-refractivity contribution in [2.45, 2.75) is 39.4 Å². The fraction of sp³-hybridized carbons (Fsp3) is 0.318. The first-order chi connectivity index (χ1) is 13.8. The van der Waals surface area contributed by atoms with Gasteiger partial charge in [0.15, 0.2) is 0 Å². The number of amides is 4. The molecule has 1 atom stereocenters. The summed E-state index contributed by atoms with van der Waals surface area (Å²) in [4.78, 5) is 38.2. The Kier molecular flexibility index (Phi) is 6.16. The molecule has 3 rings (SSSR count). The van der Waals surface area contributed by atoms with Gasteiger partial charge in [-0.25, -0.2) is 4.79 Å². The molecular weight excluding hydrogens is 368 g/mol. The van der Waals surface area contributed by atoms with E-state index in [4.69, 9.17) is 5.73 Å². The maximum Gasteiger partial charge on any atom is 0.322 e. The Morgan fingerprint density at radius 3 is 2.10 bits per heavy atom. The van der Waals surface area contributed by atoms with Crippen molar-refractivity contribution >= 4 is 23.5 Å². The zero-order valence-electron chi connectivity index (χ0n) is 16.6. The Labute approximate surface area is 170 Å². The molecule has 4 N–H and O–H groups in total. The van der Waals surface area contributed by atoms with Gasteiger partial charge >= 0.3 is 6.03 Å². The number of rotatable bonds is 6. The standard InChI is InChI=1S/C22H26N4O3/c1-14(2)11-19(20(23)27)25-21(28)15-7-9-18(10-8-15)24-22(29)26-12-16-5-3-4-6-17(16)13-26/h3-10,14,19H,11-13H2,1-2H3,(H2,23,27)(H,24,29)(H,25,28)/t19-/m0/s1. The van der Waals surface area contributed by atoms with Crippen molar-refractivity contribution in [3.05, 3.63) is 65.2 Å². The Morgan fingerprint density at radius 2 is 1.59 bits per heavy atom. The molecule has 0 aliphatic carbocycles. The molecule has 7 heteroatoms. The van der Waals surface area contributed by atoms with Gasteiger partial charge in [0.2, 0.25) is 5.91 Å². The van der Waals surface area contributed by atoms with E-state index in [2.05, 4.69) is 10.6 Å². The van der Waals surface area contributed by atoms with Gasteiger partial charge in [-0.15, -0.1) is 0 Å². The van der Waals surface area contributed by atoms with Crippen molar-refractivity contribution in [2.75, 3.05) is 5.32 Å². The molecule has 7 nitrogen and oxygen atoms in total. The number of primary amides is 1. The number of nitrogens with two attached hydrogens (primary N) is 1. The predicted molar refractivity (Wildman–Crippen MR) is 111 cm³/mol. The lowest BCUT2D eigenvalue weighted by Crippen LogP contribution is -2.45. The molecule has 2 aromatic carbocycles. The Hall–Kier alpha value is -3.35. The van der Waals surface area contributed by atoms with E-state index in [1.165, 1.54) is 0 Å². The molecule has 29 heavy (non-hydrogen) atoms. The summed E-state index contributed by atoms with van der Waals surface area (Å²) in [7, 11) is 0. The second-order valence-electron chi connectivity index (χ2n) is 7.69. The van der Waals surface area contributed by atoms with Crippen LogP contribution in [0.1, 0.15) is 41.8 Å². The van der Waals surface area contributed by atoms with Crippen LogP contribution in [0.2, 0.25) is 0 Å². The summed E-state index contributed by atoms with van der Waals surface area (Å²) in [5, 5.41) is 5.52. The molecule has 0 radical (unpaired) electrons. The minimum Gasteiger partial charge on any atom is -0.368 e. The number of carbonyl (C=O) groups excluding carboxylic acids is 3. The number of anilines is 1. The number of urea groups is 1. The zero-order chi connectivity index (χ0) is 21.0. The van der Waals surface area contributed by atoms with E-state index in [-0.39, 0.29) is 17.9 Å². The lowest BCUT2D eigenvalue weighted by Gasteiger charge is -2.18. The highest BCUT2D eigenvalue weighted by molar-refractivity contribution is 5.98. The summed E-state index contributed by atoms with van der Waals surface area (Å²) in [5.41, 5.74) is 8.67. The lowest BCUT2D eigenvalue weighted by atomic mass is 10.0. The van der Waals surface area contributed by atoms with Gasteiger partial charge in [0.1, 0.15) is 6.04 Å². The highest BCUT2D eigenvalue weighted by Gasteiger charge is 2.23. The van der Waals surface area contributed by atoms with Crippen LogP contribution < -0.4 is 16.4 Å². The van der Waals surface area contributed by atoms with Crippen molar-refractivity contribution < 1.29 is 14.4 Å². The van der Waals surface area contributed by atoms with E-state index < -0.39 is 11.9 Å². The van der Waals surface area contributed by atoms with Crippen molar-refractivity contribution in [1.82, 2.24) is 10.2 Å². The van der Waals surface area contributed by atoms with E-state index in [9.17, 15) is 14.4 Å². The zero-order valence-corrected chi connectivity index (χ0v) is 16.6. The van der Waals surface area contributed by atoms with Crippen molar-refractivity contribution in [1.29, 1.82) is 0 Å². The molecule has 0 aromatic heterocycles. The van der Waals surface area contributed by atoms with Crippen LogP contribution in [0.3, 0.4) is 0 Å². The third kappa shape index (κ3) is 5.13. The van der Waals surface area contributed by atoms with Gasteiger partial charge in [-0.3, -0.25) is 9.59 Å².